The van der Waals surface area contributed by atoms with E-state index >= 15 is 0 Å². The zero-order chi connectivity index (χ0) is 46.7. The molecule has 0 radical (unpaired) electrons. The molecule has 2 aliphatic carbocycles. The van der Waals surface area contributed by atoms with Crippen molar-refractivity contribution in [3.8, 4) is 39.3 Å². The quantitative estimate of drug-likeness (QED) is 0.167. The van der Waals surface area contributed by atoms with Crippen LogP contribution in [0, 0.1) is 0 Å². The van der Waals surface area contributed by atoms with Crippen molar-refractivity contribution in [3.63, 3.8) is 0 Å². The summed E-state index contributed by atoms with van der Waals surface area (Å²) in [7, 11) is 0. The summed E-state index contributed by atoms with van der Waals surface area (Å²) in [6.45, 7) is 29.1. The van der Waals surface area contributed by atoms with E-state index in [1.165, 1.54) is 61.3 Å². The van der Waals surface area contributed by atoms with Gasteiger partial charge in [0.15, 0.2) is 0 Å². The molecule has 0 aliphatic heterocycles. The van der Waals surface area contributed by atoms with Crippen LogP contribution in [0.15, 0.2) is 130 Å². The van der Waals surface area contributed by atoms with E-state index in [2.05, 4.69) is 197 Å². The molecule has 10 aromatic rings. The number of hydrogen-bond acceptors (Lipinski definition) is 3. The Bertz CT molecular complexity index is 3610. The Morgan fingerprint density at radius 2 is 1.07 bits per heavy atom. The predicted molar refractivity (Wildman–Crippen MR) is 281 cm³/mol. The fourth-order valence-electron chi connectivity index (χ4n) is 13.5. The first kappa shape index (κ1) is 42.0. The molecular weight excluding hydrogens is 817 g/mol. The van der Waals surface area contributed by atoms with Gasteiger partial charge in [-0.3, -0.25) is 4.57 Å². The molecule has 0 spiro atoms. The fourth-order valence-corrected chi connectivity index (χ4v) is 13.5. The van der Waals surface area contributed by atoms with Crippen molar-refractivity contribution >= 4 is 54.9 Å². The van der Waals surface area contributed by atoms with E-state index in [1.807, 2.05) is 12.1 Å². The third-order valence-corrected chi connectivity index (χ3v) is 15.8. The van der Waals surface area contributed by atoms with Gasteiger partial charge in [-0.25, -0.2) is 4.98 Å². The molecule has 336 valence electrons. The molecule has 2 aliphatic rings. The molecule has 0 unspecified atom stereocenters. The highest BCUT2D eigenvalue weighted by Crippen LogP contribution is 2.61. The highest BCUT2D eigenvalue weighted by Gasteiger charge is 2.50. The standard InChI is InChI=1S/C63H62N2O2/c1-35(2)43-27-39(37-19-14-13-15-20-37)28-44(36(3)4)57(43)65-50-29-38(54-55-47(60(5,6)33-62(55,9)10)32-48-56(54)63(11,12)34-61(48,7)8)25-26-49(50)64-59(65)42-23-18-22-41-46-31-52-45(30-53(46)67-58(41)42)40-21-16-17-24-51(40)66-52/h13-32,35-36H,33-34H2,1-12H3. The monoisotopic (exact) mass is 878 g/mol. The maximum Gasteiger partial charge on any atom is 0.149 e. The van der Waals surface area contributed by atoms with Gasteiger partial charge in [0, 0.05) is 21.5 Å². The minimum atomic E-state index is -0.000471. The third-order valence-electron chi connectivity index (χ3n) is 15.8. The lowest BCUT2D eigenvalue weighted by atomic mass is 9.74. The first-order valence-corrected chi connectivity index (χ1v) is 24.6. The van der Waals surface area contributed by atoms with Gasteiger partial charge in [0.1, 0.15) is 28.2 Å². The van der Waals surface area contributed by atoms with Crippen LogP contribution in [-0.4, -0.2) is 9.55 Å². The number of rotatable bonds is 6. The summed E-state index contributed by atoms with van der Waals surface area (Å²) in [5, 5.41) is 4.23. The molecule has 0 bridgehead atoms. The van der Waals surface area contributed by atoms with Gasteiger partial charge in [0.05, 0.1) is 22.3 Å². The summed E-state index contributed by atoms with van der Waals surface area (Å²) < 4.78 is 16.0. The Labute approximate surface area is 395 Å². The topological polar surface area (TPSA) is 44.1 Å². The first-order chi connectivity index (χ1) is 31.8. The molecule has 3 heterocycles. The van der Waals surface area contributed by atoms with Gasteiger partial charge in [-0.15, -0.1) is 0 Å². The predicted octanol–water partition coefficient (Wildman–Crippen LogP) is 18.0. The number of aromatic nitrogens is 2. The number of fused-ring (bicyclic) bond motifs is 9. The smallest absolute Gasteiger partial charge is 0.149 e. The van der Waals surface area contributed by atoms with Crippen molar-refractivity contribution in [3.05, 3.63) is 155 Å². The molecule has 0 saturated carbocycles. The number of hydrogen-bond donors (Lipinski definition) is 0. The fraction of sp³-hybridized carbons (Fsp3) is 0.317. The molecular formula is C63H62N2O2. The maximum absolute atomic E-state index is 7.07. The summed E-state index contributed by atoms with van der Waals surface area (Å²) in [5.74, 6) is 1.33. The second kappa shape index (κ2) is 14.1. The first-order valence-electron chi connectivity index (χ1n) is 24.6. The van der Waals surface area contributed by atoms with Crippen molar-refractivity contribution in [2.75, 3.05) is 0 Å². The lowest BCUT2D eigenvalue weighted by Gasteiger charge is -2.30. The van der Waals surface area contributed by atoms with E-state index in [4.69, 9.17) is 13.8 Å². The lowest BCUT2D eigenvalue weighted by Crippen LogP contribution is -2.20. The molecule has 4 heteroatoms. The Morgan fingerprint density at radius 1 is 0.493 bits per heavy atom. The van der Waals surface area contributed by atoms with Gasteiger partial charge >= 0.3 is 0 Å². The molecule has 12 rings (SSSR count). The van der Waals surface area contributed by atoms with E-state index in [9.17, 15) is 0 Å². The zero-order valence-corrected chi connectivity index (χ0v) is 41.3. The SMILES string of the molecule is CC(C)c1cc(-c2ccccc2)cc(C(C)C)c1-n1c(-c2cccc3c2oc2cc4c(cc23)oc2ccccc24)nc2ccc(-c3c4c(cc5c3C(C)(C)CC5(C)C)C(C)(C)CC4(C)C)cc21. The van der Waals surface area contributed by atoms with Gasteiger partial charge in [-0.05, 0) is 151 Å². The van der Waals surface area contributed by atoms with Gasteiger partial charge in [-0.2, -0.15) is 0 Å². The van der Waals surface area contributed by atoms with Crippen LogP contribution in [0.3, 0.4) is 0 Å². The average Bonchev–Trinajstić information content (AvgIpc) is 4.04. The second-order valence-electron chi connectivity index (χ2n) is 23.4. The summed E-state index contributed by atoms with van der Waals surface area (Å²) >= 11 is 0. The summed E-state index contributed by atoms with van der Waals surface area (Å²) in [4.78, 5) is 5.71. The van der Waals surface area contributed by atoms with Crippen molar-refractivity contribution in [1.82, 2.24) is 9.55 Å². The van der Waals surface area contributed by atoms with E-state index in [0.29, 0.717) is 0 Å². The third kappa shape index (κ3) is 6.13. The Kier molecular flexibility index (Phi) is 8.82. The maximum atomic E-state index is 7.07. The molecule has 67 heavy (non-hydrogen) atoms. The van der Waals surface area contributed by atoms with E-state index < -0.39 is 0 Å². The molecule has 0 N–H and O–H groups in total. The largest absolute Gasteiger partial charge is 0.456 e. The van der Waals surface area contributed by atoms with Crippen LogP contribution in [-0.2, 0) is 21.7 Å². The number of nitrogens with zero attached hydrogens (tertiary/aromatic N) is 2. The van der Waals surface area contributed by atoms with E-state index in [-0.39, 0.29) is 33.5 Å². The van der Waals surface area contributed by atoms with Gasteiger partial charge in [-0.1, -0.05) is 156 Å². The highest BCUT2D eigenvalue weighted by atomic mass is 16.3. The Hall–Kier alpha value is -6.39. The molecule has 0 saturated heterocycles. The number of benzene rings is 7. The number of para-hydroxylation sites is 2. The summed E-state index contributed by atoms with van der Waals surface area (Å²) in [6.07, 6.45) is 2.23. The van der Waals surface area contributed by atoms with Crippen LogP contribution in [0.5, 0.6) is 0 Å². The van der Waals surface area contributed by atoms with Gasteiger partial charge in [0.25, 0.3) is 0 Å². The average molecular weight is 879 g/mol. The van der Waals surface area contributed by atoms with E-state index in [0.717, 1.165) is 79.1 Å². The van der Waals surface area contributed by atoms with Crippen molar-refractivity contribution < 1.29 is 8.83 Å². The van der Waals surface area contributed by atoms with Crippen molar-refractivity contribution in [1.29, 1.82) is 0 Å². The summed E-state index contributed by atoms with van der Waals surface area (Å²) in [6, 6.07) is 44.7. The molecule has 0 atom stereocenters. The van der Waals surface area contributed by atoms with Gasteiger partial charge in [0.2, 0.25) is 0 Å². The number of imidazole rings is 1. The van der Waals surface area contributed by atoms with Crippen LogP contribution in [0.2, 0.25) is 0 Å². The minimum absolute atomic E-state index is 0.000471. The van der Waals surface area contributed by atoms with Crippen LogP contribution in [0.25, 0.3) is 94.2 Å². The second-order valence-corrected chi connectivity index (χ2v) is 23.4. The number of furan rings is 2. The van der Waals surface area contributed by atoms with Crippen LogP contribution >= 0.6 is 0 Å². The zero-order valence-electron chi connectivity index (χ0n) is 41.3. The van der Waals surface area contributed by atoms with Crippen LogP contribution < -0.4 is 0 Å². The van der Waals surface area contributed by atoms with Crippen molar-refractivity contribution in [2.45, 2.75) is 129 Å². The highest BCUT2D eigenvalue weighted by molar-refractivity contribution is 6.16. The lowest BCUT2D eigenvalue weighted by molar-refractivity contribution is 0.396. The molecule has 3 aromatic heterocycles. The van der Waals surface area contributed by atoms with Crippen LogP contribution in [0.1, 0.15) is 141 Å². The normalized spacial score (nSPS) is 17.0. The minimum Gasteiger partial charge on any atom is -0.456 e. The Balaban J connectivity index is 1.20. The van der Waals surface area contributed by atoms with E-state index in [1.54, 1.807) is 0 Å². The molecule has 7 aromatic carbocycles. The van der Waals surface area contributed by atoms with Crippen molar-refractivity contribution in [2.24, 2.45) is 0 Å². The summed E-state index contributed by atoms with van der Waals surface area (Å²) in [5.41, 5.74) is 21.7. The van der Waals surface area contributed by atoms with Gasteiger partial charge < -0.3 is 8.83 Å². The molecule has 0 fully saturated rings. The Morgan fingerprint density at radius 3 is 1.72 bits per heavy atom. The molecule has 0 amide bonds. The molecule has 4 nitrogen and oxygen atoms in total. The van der Waals surface area contributed by atoms with Crippen LogP contribution in [0.4, 0.5) is 0 Å².